The van der Waals surface area contributed by atoms with Crippen LogP contribution in [-0.2, 0) is 11.3 Å². The van der Waals surface area contributed by atoms with Gasteiger partial charge in [-0.3, -0.25) is 4.90 Å². The summed E-state index contributed by atoms with van der Waals surface area (Å²) in [5.74, 6) is -0.213. The molecule has 26 heavy (non-hydrogen) atoms. The predicted octanol–water partition coefficient (Wildman–Crippen LogP) is 4.40. The van der Waals surface area contributed by atoms with E-state index in [-0.39, 0.29) is 11.8 Å². The number of nitrogens with zero attached hydrogens (tertiary/aromatic N) is 2. The van der Waals surface area contributed by atoms with Crippen molar-refractivity contribution < 1.29 is 27.4 Å². The van der Waals surface area contributed by atoms with Gasteiger partial charge in [0.2, 0.25) is 0 Å². The number of halogens is 4. The van der Waals surface area contributed by atoms with Gasteiger partial charge in [-0.2, -0.15) is 0 Å². The highest BCUT2D eigenvalue weighted by molar-refractivity contribution is 9.10. The number of carbonyl (C=O) groups excluding carboxylic acids is 1. The van der Waals surface area contributed by atoms with E-state index in [1.807, 2.05) is 4.90 Å². The van der Waals surface area contributed by atoms with Crippen LogP contribution >= 0.6 is 15.9 Å². The molecule has 2 rings (SSSR count). The first-order valence-electron chi connectivity index (χ1n) is 8.17. The fourth-order valence-electron chi connectivity index (χ4n) is 2.55. The quantitative estimate of drug-likeness (QED) is 0.701. The topological polar surface area (TPSA) is 42.0 Å². The normalized spacial score (nSPS) is 16.5. The van der Waals surface area contributed by atoms with Crippen molar-refractivity contribution >= 4 is 22.0 Å². The van der Waals surface area contributed by atoms with Gasteiger partial charge in [-0.15, -0.1) is 13.2 Å². The van der Waals surface area contributed by atoms with Gasteiger partial charge in [-0.1, -0.05) is 15.9 Å². The lowest BCUT2D eigenvalue weighted by Gasteiger charge is -2.35. The van der Waals surface area contributed by atoms with Crippen LogP contribution in [0.15, 0.2) is 22.7 Å². The number of rotatable bonds is 3. The number of alkyl halides is 3. The minimum atomic E-state index is -4.74. The summed E-state index contributed by atoms with van der Waals surface area (Å²) in [7, 11) is 0. The van der Waals surface area contributed by atoms with Gasteiger partial charge in [0.15, 0.2) is 0 Å². The number of hydrogen-bond acceptors (Lipinski definition) is 4. The van der Waals surface area contributed by atoms with E-state index in [1.54, 1.807) is 31.7 Å². The van der Waals surface area contributed by atoms with Crippen LogP contribution in [0.5, 0.6) is 5.75 Å². The minimum Gasteiger partial charge on any atom is -0.444 e. The van der Waals surface area contributed by atoms with Crippen LogP contribution in [0.1, 0.15) is 26.3 Å². The highest BCUT2D eigenvalue weighted by Gasteiger charge is 2.32. The summed E-state index contributed by atoms with van der Waals surface area (Å²) in [5.41, 5.74) is -0.128. The Balaban J connectivity index is 1.97. The van der Waals surface area contributed by atoms with Crippen LogP contribution in [0.4, 0.5) is 18.0 Å². The van der Waals surface area contributed by atoms with Crippen LogP contribution in [-0.4, -0.2) is 54.0 Å². The summed E-state index contributed by atoms with van der Waals surface area (Å²) in [6.07, 6.45) is -5.11. The van der Waals surface area contributed by atoms with Gasteiger partial charge in [0.25, 0.3) is 0 Å². The zero-order valence-corrected chi connectivity index (χ0v) is 16.5. The molecule has 0 unspecified atom stereocenters. The Kier molecular flexibility index (Phi) is 6.44. The van der Waals surface area contributed by atoms with Gasteiger partial charge >= 0.3 is 12.5 Å². The van der Waals surface area contributed by atoms with Crippen LogP contribution in [0.25, 0.3) is 0 Å². The number of benzene rings is 1. The molecule has 1 fully saturated rings. The highest BCUT2D eigenvalue weighted by atomic mass is 79.9. The minimum absolute atomic E-state index is 0.213. The van der Waals surface area contributed by atoms with Crippen LogP contribution in [0.3, 0.4) is 0 Å². The molecule has 1 heterocycles. The molecular formula is C17H22BrF3N2O3. The Hall–Kier alpha value is -1.48. The fourth-order valence-corrected chi connectivity index (χ4v) is 2.96. The maximum absolute atomic E-state index is 12.6. The lowest BCUT2D eigenvalue weighted by molar-refractivity contribution is -0.275. The summed E-state index contributed by atoms with van der Waals surface area (Å²) in [6, 6.07) is 4.41. The third-order valence-electron chi connectivity index (χ3n) is 3.67. The van der Waals surface area contributed by atoms with Crippen molar-refractivity contribution in [2.24, 2.45) is 0 Å². The number of ether oxygens (including phenoxy) is 2. The van der Waals surface area contributed by atoms with Gasteiger partial charge in [-0.25, -0.2) is 4.79 Å². The maximum atomic E-state index is 12.6. The molecule has 1 aliphatic heterocycles. The van der Waals surface area contributed by atoms with E-state index in [9.17, 15) is 18.0 Å². The molecule has 1 aliphatic rings. The summed E-state index contributed by atoms with van der Waals surface area (Å²) in [4.78, 5) is 15.7. The fraction of sp³-hybridized carbons (Fsp3) is 0.588. The summed E-state index contributed by atoms with van der Waals surface area (Å²) in [6.45, 7) is 7.70. The van der Waals surface area contributed by atoms with Crippen molar-refractivity contribution in [3.63, 3.8) is 0 Å². The van der Waals surface area contributed by atoms with E-state index in [2.05, 4.69) is 20.7 Å². The Labute approximate surface area is 159 Å². The van der Waals surface area contributed by atoms with Crippen molar-refractivity contribution in [2.45, 2.75) is 39.3 Å². The molecule has 0 aromatic heterocycles. The number of piperazine rings is 1. The molecule has 1 amide bonds. The third-order valence-corrected chi connectivity index (χ3v) is 4.16. The van der Waals surface area contributed by atoms with Crippen molar-refractivity contribution in [1.82, 2.24) is 9.80 Å². The van der Waals surface area contributed by atoms with Crippen LogP contribution in [0.2, 0.25) is 0 Å². The van der Waals surface area contributed by atoms with Crippen molar-refractivity contribution in [3.05, 3.63) is 28.2 Å². The second-order valence-corrected chi connectivity index (χ2v) is 7.96. The standard InChI is InChI=1S/C17H22BrF3N2O3/c1-16(2,3)26-15(24)23-8-6-22(7-9-23)11-12-10-13(18)4-5-14(12)25-17(19,20)21/h4-5,10H,6-9,11H2,1-3H3. The van der Waals surface area contributed by atoms with E-state index >= 15 is 0 Å². The molecule has 146 valence electrons. The zero-order valence-electron chi connectivity index (χ0n) is 14.9. The molecule has 1 aromatic carbocycles. The van der Waals surface area contributed by atoms with Gasteiger partial charge in [0.05, 0.1) is 0 Å². The van der Waals surface area contributed by atoms with Gasteiger partial charge < -0.3 is 14.4 Å². The molecule has 0 radical (unpaired) electrons. The largest absolute Gasteiger partial charge is 0.573 e. The van der Waals surface area contributed by atoms with E-state index < -0.39 is 12.0 Å². The van der Waals surface area contributed by atoms with E-state index in [0.29, 0.717) is 42.8 Å². The Morgan fingerprint density at radius 2 is 1.77 bits per heavy atom. The number of carbonyl (C=O) groups is 1. The van der Waals surface area contributed by atoms with Crippen LogP contribution in [0, 0.1) is 0 Å². The van der Waals surface area contributed by atoms with E-state index in [0.717, 1.165) is 0 Å². The summed E-state index contributed by atoms with van der Waals surface area (Å²) < 4.78 is 47.8. The molecule has 0 aliphatic carbocycles. The first kappa shape index (κ1) is 20.8. The molecule has 0 atom stereocenters. The second-order valence-electron chi connectivity index (χ2n) is 7.04. The predicted molar refractivity (Wildman–Crippen MR) is 93.9 cm³/mol. The highest BCUT2D eigenvalue weighted by Crippen LogP contribution is 2.30. The molecule has 0 N–H and O–H groups in total. The summed E-state index contributed by atoms with van der Waals surface area (Å²) >= 11 is 3.27. The van der Waals surface area contributed by atoms with Crippen molar-refractivity contribution in [1.29, 1.82) is 0 Å². The number of hydrogen-bond donors (Lipinski definition) is 0. The Morgan fingerprint density at radius 1 is 1.15 bits per heavy atom. The van der Waals surface area contributed by atoms with Gasteiger partial charge in [-0.05, 0) is 39.0 Å². The Morgan fingerprint density at radius 3 is 2.31 bits per heavy atom. The molecular weight excluding hydrogens is 417 g/mol. The summed E-state index contributed by atoms with van der Waals surface area (Å²) in [5, 5.41) is 0. The van der Waals surface area contributed by atoms with Crippen molar-refractivity contribution in [3.8, 4) is 5.75 Å². The third kappa shape index (κ3) is 6.68. The van der Waals surface area contributed by atoms with Crippen molar-refractivity contribution in [2.75, 3.05) is 26.2 Å². The van der Waals surface area contributed by atoms with E-state index in [4.69, 9.17) is 4.74 Å². The van der Waals surface area contributed by atoms with Gasteiger partial charge in [0, 0.05) is 42.8 Å². The maximum Gasteiger partial charge on any atom is 0.573 e. The smallest absolute Gasteiger partial charge is 0.444 e. The first-order valence-corrected chi connectivity index (χ1v) is 8.97. The second kappa shape index (κ2) is 8.04. The average Bonchev–Trinajstić information content (AvgIpc) is 2.48. The zero-order chi connectivity index (χ0) is 19.5. The molecule has 9 heteroatoms. The first-order chi connectivity index (χ1) is 11.9. The van der Waals surface area contributed by atoms with E-state index in [1.165, 1.54) is 12.1 Å². The van der Waals surface area contributed by atoms with Crippen LogP contribution < -0.4 is 4.74 Å². The lowest BCUT2D eigenvalue weighted by Crippen LogP contribution is -2.49. The molecule has 1 saturated heterocycles. The molecule has 5 nitrogen and oxygen atoms in total. The molecule has 0 bridgehead atoms. The number of amides is 1. The molecule has 0 spiro atoms. The Bertz CT molecular complexity index is 639. The van der Waals surface area contributed by atoms with Gasteiger partial charge in [0.1, 0.15) is 11.4 Å². The monoisotopic (exact) mass is 438 g/mol. The lowest BCUT2D eigenvalue weighted by atomic mass is 10.1. The average molecular weight is 439 g/mol. The SMILES string of the molecule is CC(C)(C)OC(=O)N1CCN(Cc2cc(Br)ccc2OC(F)(F)F)CC1. The molecule has 1 aromatic rings. The molecule has 0 saturated carbocycles.